The maximum absolute atomic E-state index is 12.4. The minimum Gasteiger partial charge on any atom is -0.493 e. The second-order valence-corrected chi connectivity index (χ2v) is 6.26. The van der Waals surface area contributed by atoms with E-state index in [0.717, 1.165) is 35.7 Å². The molecule has 0 radical (unpaired) electrons. The van der Waals surface area contributed by atoms with Crippen LogP contribution in [0.3, 0.4) is 0 Å². The highest BCUT2D eigenvalue weighted by atomic mass is 35.5. The minimum atomic E-state index is -0.0609. The van der Waals surface area contributed by atoms with Gasteiger partial charge in [-0.3, -0.25) is 4.79 Å². The van der Waals surface area contributed by atoms with E-state index in [1.54, 1.807) is 6.07 Å². The molecular formula is C18H19ClN2O2. The van der Waals surface area contributed by atoms with Crippen LogP contribution in [0.1, 0.15) is 11.1 Å². The SMILES string of the molecule is CN(C)c1ccc(Cl)cc1NC(=O)Cc1ccc2c(c1)CCO2. The van der Waals surface area contributed by atoms with Crippen LogP contribution in [0, 0.1) is 0 Å². The highest BCUT2D eigenvalue weighted by molar-refractivity contribution is 6.31. The van der Waals surface area contributed by atoms with Crippen LogP contribution < -0.4 is 15.0 Å². The molecule has 0 aromatic heterocycles. The molecule has 0 atom stereocenters. The van der Waals surface area contributed by atoms with Gasteiger partial charge >= 0.3 is 0 Å². The van der Waals surface area contributed by atoms with Gasteiger partial charge in [0.05, 0.1) is 24.4 Å². The summed E-state index contributed by atoms with van der Waals surface area (Å²) in [6.45, 7) is 0.722. The fourth-order valence-electron chi connectivity index (χ4n) is 2.73. The molecule has 1 heterocycles. The average Bonchev–Trinajstić information content (AvgIpc) is 2.94. The molecule has 5 heteroatoms. The molecule has 0 unspecified atom stereocenters. The van der Waals surface area contributed by atoms with E-state index in [9.17, 15) is 4.79 Å². The highest BCUT2D eigenvalue weighted by Crippen LogP contribution is 2.29. The van der Waals surface area contributed by atoms with E-state index in [2.05, 4.69) is 5.32 Å². The van der Waals surface area contributed by atoms with Crippen LogP contribution >= 0.6 is 11.6 Å². The summed E-state index contributed by atoms with van der Waals surface area (Å²) in [6, 6.07) is 11.4. The molecule has 0 saturated carbocycles. The number of rotatable bonds is 4. The Balaban J connectivity index is 1.74. The number of nitrogens with one attached hydrogen (secondary N) is 1. The molecule has 23 heavy (non-hydrogen) atoms. The zero-order valence-electron chi connectivity index (χ0n) is 13.2. The number of carbonyl (C=O) groups excluding carboxylic acids is 1. The number of hydrogen-bond donors (Lipinski definition) is 1. The molecule has 0 saturated heterocycles. The number of benzene rings is 2. The van der Waals surface area contributed by atoms with Crippen LogP contribution in [-0.2, 0) is 17.6 Å². The van der Waals surface area contributed by atoms with Gasteiger partial charge in [0.25, 0.3) is 0 Å². The zero-order valence-corrected chi connectivity index (χ0v) is 14.0. The third kappa shape index (κ3) is 3.59. The van der Waals surface area contributed by atoms with Gasteiger partial charge in [-0.25, -0.2) is 0 Å². The Bertz CT molecular complexity index is 744. The number of hydrogen-bond acceptors (Lipinski definition) is 3. The van der Waals surface area contributed by atoms with Crippen molar-refractivity contribution in [1.82, 2.24) is 0 Å². The molecular weight excluding hydrogens is 312 g/mol. The van der Waals surface area contributed by atoms with Crippen molar-refractivity contribution in [3.8, 4) is 5.75 Å². The first kappa shape index (κ1) is 15.7. The predicted octanol–water partition coefficient (Wildman–Crippen LogP) is 3.52. The summed E-state index contributed by atoms with van der Waals surface area (Å²) in [4.78, 5) is 14.3. The predicted molar refractivity (Wildman–Crippen MR) is 93.8 cm³/mol. The monoisotopic (exact) mass is 330 g/mol. The number of fused-ring (bicyclic) bond motifs is 1. The largest absolute Gasteiger partial charge is 0.493 e. The number of halogens is 1. The summed E-state index contributed by atoms with van der Waals surface area (Å²) in [7, 11) is 3.86. The Morgan fingerprint density at radius 2 is 2.09 bits per heavy atom. The standard InChI is InChI=1S/C18H19ClN2O2/c1-21(2)16-5-4-14(19)11-15(16)20-18(22)10-12-3-6-17-13(9-12)7-8-23-17/h3-6,9,11H,7-8,10H2,1-2H3,(H,20,22). The highest BCUT2D eigenvalue weighted by Gasteiger charge is 2.14. The van der Waals surface area contributed by atoms with Crippen molar-refractivity contribution in [2.24, 2.45) is 0 Å². The summed E-state index contributed by atoms with van der Waals surface area (Å²) >= 11 is 6.05. The minimum absolute atomic E-state index is 0.0609. The van der Waals surface area contributed by atoms with Gasteiger partial charge in [-0.05, 0) is 35.4 Å². The molecule has 2 aromatic carbocycles. The molecule has 1 aliphatic heterocycles. The van der Waals surface area contributed by atoms with Crippen LogP contribution in [-0.4, -0.2) is 26.6 Å². The van der Waals surface area contributed by atoms with Crippen LogP contribution in [0.5, 0.6) is 5.75 Å². The maximum Gasteiger partial charge on any atom is 0.228 e. The van der Waals surface area contributed by atoms with Crippen LogP contribution in [0.4, 0.5) is 11.4 Å². The quantitative estimate of drug-likeness (QED) is 0.932. The van der Waals surface area contributed by atoms with Crippen molar-refractivity contribution >= 4 is 28.9 Å². The lowest BCUT2D eigenvalue weighted by molar-refractivity contribution is -0.115. The van der Waals surface area contributed by atoms with Crippen LogP contribution in [0.25, 0.3) is 0 Å². The van der Waals surface area contributed by atoms with Crippen molar-refractivity contribution in [2.45, 2.75) is 12.8 Å². The molecule has 3 rings (SSSR count). The Morgan fingerprint density at radius 1 is 1.26 bits per heavy atom. The summed E-state index contributed by atoms with van der Waals surface area (Å²) in [5.41, 5.74) is 3.80. The molecule has 0 spiro atoms. The third-order valence-electron chi connectivity index (χ3n) is 3.83. The normalized spacial score (nSPS) is 12.5. The second kappa shape index (κ2) is 6.50. The smallest absolute Gasteiger partial charge is 0.228 e. The van der Waals surface area contributed by atoms with Gasteiger partial charge in [0.2, 0.25) is 5.91 Å². The molecule has 0 fully saturated rings. The van der Waals surface area contributed by atoms with Crippen molar-refractivity contribution in [3.63, 3.8) is 0 Å². The van der Waals surface area contributed by atoms with Gasteiger partial charge in [-0.1, -0.05) is 23.7 Å². The Kier molecular flexibility index (Phi) is 4.44. The van der Waals surface area contributed by atoms with E-state index < -0.39 is 0 Å². The van der Waals surface area contributed by atoms with Gasteiger partial charge in [-0.15, -0.1) is 0 Å². The molecule has 0 bridgehead atoms. The van der Waals surface area contributed by atoms with Crippen molar-refractivity contribution in [2.75, 3.05) is 30.9 Å². The lowest BCUT2D eigenvalue weighted by atomic mass is 10.1. The first-order valence-electron chi connectivity index (χ1n) is 7.54. The number of amides is 1. The summed E-state index contributed by atoms with van der Waals surface area (Å²) in [5, 5.41) is 3.55. The number of carbonyl (C=O) groups is 1. The summed E-state index contributed by atoms with van der Waals surface area (Å²) in [5.74, 6) is 0.869. The number of ether oxygens (including phenoxy) is 1. The Morgan fingerprint density at radius 3 is 2.87 bits per heavy atom. The fraction of sp³-hybridized carbons (Fsp3) is 0.278. The Hall–Kier alpha value is -2.20. The molecule has 4 nitrogen and oxygen atoms in total. The molecule has 1 amide bonds. The number of anilines is 2. The first-order valence-corrected chi connectivity index (χ1v) is 7.92. The fourth-order valence-corrected chi connectivity index (χ4v) is 2.90. The zero-order chi connectivity index (χ0) is 16.4. The van der Waals surface area contributed by atoms with Gasteiger partial charge in [0.1, 0.15) is 5.75 Å². The maximum atomic E-state index is 12.4. The van der Waals surface area contributed by atoms with Gasteiger partial charge in [0.15, 0.2) is 0 Å². The lowest BCUT2D eigenvalue weighted by Crippen LogP contribution is -2.18. The van der Waals surface area contributed by atoms with E-state index in [1.165, 1.54) is 5.56 Å². The Labute approximate surface area is 141 Å². The summed E-state index contributed by atoms with van der Waals surface area (Å²) in [6.07, 6.45) is 1.23. The van der Waals surface area contributed by atoms with E-state index >= 15 is 0 Å². The van der Waals surface area contributed by atoms with E-state index in [1.807, 2.05) is 49.3 Å². The van der Waals surface area contributed by atoms with Crippen molar-refractivity contribution in [1.29, 1.82) is 0 Å². The van der Waals surface area contributed by atoms with Crippen molar-refractivity contribution < 1.29 is 9.53 Å². The molecule has 1 aliphatic rings. The second-order valence-electron chi connectivity index (χ2n) is 5.82. The molecule has 0 aliphatic carbocycles. The molecule has 2 aromatic rings. The molecule has 120 valence electrons. The van der Waals surface area contributed by atoms with Gasteiger partial charge in [0, 0.05) is 25.5 Å². The number of nitrogens with zero attached hydrogens (tertiary/aromatic N) is 1. The average molecular weight is 331 g/mol. The van der Waals surface area contributed by atoms with E-state index in [0.29, 0.717) is 11.4 Å². The molecule has 1 N–H and O–H groups in total. The van der Waals surface area contributed by atoms with Gasteiger partial charge < -0.3 is 15.0 Å². The summed E-state index contributed by atoms with van der Waals surface area (Å²) < 4.78 is 5.49. The van der Waals surface area contributed by atoms with E-state index in [-0.39, 0.29) is 5.91 Å². The van der Waals surface area contributed by atoms with Crippen LogP contribution in [0.2, 0.25) is 5.02 Å². The third-order valence-corrected chi connectivity index (χ3v) is 4.07. The van der Waals surface area contributed by atoms with Crippen LogP contribution in [0.15, 0.2) is 36.4 Å². The lowest BCUT2D eigenvalue weighted by Gasteiger charge is -2.18. The van der Waals surface area contributed by atoms with Crippen molar-refractivity contribution in [3.05, 3.63) is 52.5 Å². The first-order chi connectivity index (χ1) is 11.0. The van der Waals surface area contributed by atoms with Gasteiger partial charge in [-0.2, -0.15) is 0 Å². The van der Waals surface area contributed by atoms with E-state index in [4.69, 9.17) is 16.3 Å². The topological polar surface area (TPSA) is 41.6 Å².